The molecule has 7 heteroatoms. The number of nitro benzene ring substituents is 1. The largest absolute Gasteiger partial charge is 0.383 e. The van der Waals surface area contributed by atoms with E-state index in [4.69, 9.17) is 0 Å². The molecule has 1 atom stereocenters. The quantitative estimate of drug-likeness (QED) is 0.325. The number of nitro groups is 1. The van der Waals surface area contributed by atoms with Crippen molar-refractivity contribution in [3.8, 4) is 0 Å². The van der Waals surface area contributed by atoms with Crippen LogP contribution in [-0.2, 0) is 4.79 Å². The summed E-state index contributed by atoms with van der Waals surface area (Å²) < 4.78 is 0. The van der Waals surface area contributed by atoms with Gasteiger partial charge in [-0.15, -0.1) is 11.8 Å². The molecule has 132 valence electrons. The van der Waals surface area contributed by atoms with Crippen LogP contribution in [0.5, 0.6) is 0 Å². The number of carbonyl (C=O) groups excluding carboxylic acids is 1. The average molecular weight is 359 g/mol. The lowest BCUT2D eigenvalue weighted by Gasteiger charge is -2.13. The number of rotatable bonds is 8. The van der Waals surface area contributed by atoms with Crippen molar-refractivity contribution in [2.45, 2.75) is 24.0 Å². The van der Waals surface area contributed by atoms with Crippen LogP contribution in [0.2, 0.25) is 0 Å². The third-order valence-electron chi connectivity index (χ3n) is 3.53. The fraction of sp³-hybridized carbons (Fsp3) is 0.278. The van der Waals surface area contributed by atoms with Gasteiger partial charge in [0.05, 0.1) is 10.2 Å². The molecule has 0 saturated heterocycles. The third-order valence-corrected chi connectivity index (χ3v) is 4.65. The van der Waals surface area contributed by atoms with E-state index in [1.165, 1.54) is 29.5 Å². The van der Waals surface area contributed by atoms with Gasteiger partial charge >= 0.3 is 0 Å². The van der Waals surface area contributed by atoms with Crippen LogP contribution < -0.4 is 10.6 Å². The minimum atomic E-state index is -0.433. The van der Waals surface area contributed by atoms with E-state index in [1.54, 1.807) is 12.1 Å². The van der Waals surface area contributed by atoms with Crippen molar-refractivity contribution in [2.75, 3.05) is 18.4 Å². The second-order valence-corrected chi connectivity index (χ2v) is 7.01. The predicted octanol–water partition coefficient (Wildman–Crippen LogP) is 3.61. The van der Waals surface area contributed by atoms with Crippen molar-refractivity contribution in [2.24, 2.45) is 0 Å². The highest BCUT2D eigenvalue weighted by Gasteiger charge is 2.13. The Morgan fingerprint density at radius 2 is 1.76 bits per heavy atom. The van der Waals surface area contributed by atoms with Gasteiger partial charge in [0.15, 0.2) is 0 Å². The smallest absolute Gasteiger partial charge is 0.269 e. The lowest BCUT2D eigenvalue weighted by Crippen LogP contribution is -2.34. The van der Waals surface area contributed by atoms with Gasteiger partial charge < -0.3 is 10.6 Å². The number of aryl methyl sites for hydroxylation is 1. The fourth-order valence-corrected chi connectivity index (χ4v) is 3.00. The summed E-state index contributed by atoms with van der Waals surface area (Å²) in [4.78, 5) is 23.3. The van der Waals surface area contributed by atoms with E-state index in [-0.39, 0.29) is 16.8 Å². The van der Waals surface area contributed by atoms with Crippen LogP contribution in [0.3, 0.4) is 0 Å². The molecule has 2 aromatic rings. The number of amides is 1. The lowest BCUT2D eigenvalue weighted by molar-refractivity contribution is -0.384. The van der Waals surface area contributed by atoms with Crippen LogP contribution in [0.25, 0.3) is 0 Å². The third kappa shape index (κ3) is 6.11. The van der Waals surface area contributed by atoms with Gasteiger partial charge in [-0.1, -0.05) is 17.7 Å². The van der Waals surface area contributed by atoms with Gasteiger partial charge in [-0.2, -0.15) is 0 Å². The highest BCUT2D eigenvalue weighted by Crippen LogP contribution is 2.23. The lowest BCUT2D eigenvalue weighted by atomic mass is 10.2. The molecule has 0 aliphatic rings. The zero-order valence-electron chi connectivity index (χ0n) is 14.2. The highest BCUT2D eigenvalue weighted by atomic mass is 32.2. The van der Waals surface area contributed by atoms with Crippen LogP contribution in [0.15, 0.2) is 53.4 Å². The van der Waals surface area contributed by atoms with Crippen molar-refractivity contribution in [3.63, 3.8) is 0 Å². The molecule has 0 aromatic heterocycles. The Morgan fingerprint density at radius 1 is 1.12 bits per heavy atom. The van der Waals surface area contributed by atoms with E-state index in [1.807, 2.05) is 38.1 Å². The van der Waals surface area contributed by atoms with Gasteiger partial charge in [-0.05, 0) is 38.1 Å². The Balaban J connectivity index is 1.70. The van der Waals surface area contributed by atoms with Gasteiger partial charge in [-0.3, -0.25) is 14.9 Å². The molecular formula is C18H21N3O3S. The van der Waals surface area contributed by atoms with Gasteiger partial charge in [0.2, 0.25) is 5.91 Å². The van der Waals surface area contributed by atoms with Crippen molar-refractivity contribution < 1.29 is 9.72 Å². The van der Waals surface area contributed by atoms with Crippen molar-refractivity contribution in [1.29, 1.82) is 0 Å². The average Bonchev–Trinajstić information content (AvgIpc) is 2.60. The topological polar surface area (TPSA) is 84.3 Å². The SMILES string of the molecule is Cc1ccc(S[C@H](C)C(=O)NCCNc2ccc([N+](=O)[O-])cc2)cc1. The zero-order valence-corrected chi connectivity index (χ0v) is 15.0. The number of benzene rings is 2. The second kappa shape index (κ2) is 9.08. The number of carbonyl (C=O) groups is 1. The first-order valence-corrected chi connectivity index (χ1v) is 8.83. The minimum absolute atomic E-state index is 0.0175. The zero-order chi connectivity index (χ0) is 18.2. The van der Waals surface area contributed by atoms with E-state index >= 15 is 0 Å². The van der Waals surface area contributed by atoms with Crippen LogP contribution >= 0.6 is 11.8 Å². The number of anilines is 1. The minimum Gasteiger partial charge on any atom is -0.383 e. The van der Waals surface area contributed by atoms with Gasteiger partial charge in [0, 0.05) is 35.8 Å². The summed E-state index contributed by atoms with van der Waals surface area (Å²) in [5.41, 5.74) is 2.03. The maximum absolute atomic E-state index is 12.1. The molecule has 2 rings (SSSR count). The van der Waals surface area contributed by atoms with Gasteiger partial charge in [0.25, 0.3) is 5.69 Å². The highest BCUT2D eigenvalue weighted by molar-refractivity contribution is 8.00. The fourth-order valence-electron chi connectivity index (χ4n) is 2.11. The summed E-state index contributed by atoms with van der Waals surface area (Å²) in [7, 11) is 0. The molecule has 0 aliphatic heterocycles. The van der Waals surface area contributed by atoms with Crippen LogP contribution in [0.4, 0.5) is 11.4 Å². The molecule has 0 saturated carbocycles. The summed E-state index contributed by atoms with van der Waals surface area (Å²) in [5.74, 6) is -0.0175. The maximum atomic E-state index is 12.1. The molecule has 0 aliphatic carbocycles. The first kappa shape index (κ1) is 18.8. The number of nitrogens with zero attached hydrogens (tertiary/aromatic N) is 1. The van der Waals surface area contributed by atoms with Crippen LogP contribution in [0.1, 0.15) is 12.5 Å². The molecule has 0 fully saturated rings. The van der Waals surface area contributed by atoms with E-state index in [0.717, 1.165) is 10.6 Å². The van der Waals surface area contributed by atoms with Crippen LogP contribution in [-0.4, -0.2) is 29.2 Å². The van der Waals surface area contributed by atoms with Crippen molar-refractivity contribution in [3.05, 3.63) is 64.2 Å². The normalized spacial score (nSPS) is 11.6. The molecule has 1 amide bonds. The van der Waals surface area contributed by atoms with Gasteiger partial charge in [0.1, 0.15) is 0 Å². The van der Waals surface area contributed by atoms with Gasteiger partial charge in [-0.25, -0.2) is 0 Å². The number of thioether (sulfide) groups is 1. The first-order valence-electron chi connectivity index (χ1n) is 7.95. The molecule has 2 N–H and O–H groups in total. The molecule has 25 heavy (non-hydrogen) atoms. The molecule has 0 spiro atoms. The summed E-state index contributed by atoms with van der Waals surface area (Å²) >= 11 is 1.52. The van der Waals surface area contributed by atoms with E-state index in [2.05, 4.69) is 10.6 Å². The molecular weight excluding hydrogens is 338 g/mol. The number of nitrogens with one attached hydrogen (secondary N) is 2. The van der Waals surface area contributed by atoms with E-state index in [0.29, 0.717) is 13.1 Å². The Labute approximate surface area is 151 Å². The summed E-state index contributed by atoms with van der Waals surface area (Å²) in [6.07, 6.45) is 0. The Morgan fingerprint density at radius 3 is 2.36 bits per heavy atom. The number of hydrogen-bond donors (Lipinski definition) is 2. The van der Waals surface area contributed by atoms with Crippen molar-refractivity contribution >= 4 is 29.0 Å². The van der Waals surface area contributed by atoms with E-state index in [9.17, 15) is 14.9 Å². The second-order valence-electron chi connectivity index (χ2n) is 5.59. The maximum Gasteiger partial charge on any atom is 0.269 e. The molecule has 6 nitrogen and oxygen atoms in total. The summed E-state index contributed by atoms with van der Waals surface area (Å²) in [6.45, 7) is 4.94. The van der Waals surface area contributed by atoms with Crippen LogP contribution in [0, 0.1) is 17.0 Å². The Kier molecular flexibility index (Phi) is 6.82. The molecule has 0 unspecified atom stereocenters. The Hall–Kier alpha value is -2.54. The van der Waals surface area contributed by atoms with Crippen molar-refractivity contribution in [1.82, 2.24) is 5.32 Å². The summed E-state index contributed by atoms with van der Waals surface area (Å²) in [5, 5.41) is 16.4. The standard InChI is InChI=1S/C18H21N3O3S/c1-13-3-9-17(10-4-13)25-14(2)18(22)20-12-11-19-15-5-7-16(8-6-15)21(23)24/h3-10,14,19H,11-12H2,1-2H3,(H,20,22)/t14-/m1/s1. The van der Waals surface area contributed by atoms with E-state index < -0.39 is 4.92 Å². The molecule has 0 bridgehead atoms. The molecule has 0 radical (unpaired) electrons. The Bertz CT molecular complexity index is 717. The first-order chi connectivity index (χ1) is 12.0. The molecule has 2 aromatic carbocycles. The number of hydrogen-bond acceptors (Lipinski definition) is 5. The summed E-state index contributed by atoms with van der Waals surface area (Å²) in [6, 6.07) is 14.3. The monoisotopic (exact) mass is 359 g/mol. The number of non-ortho nitro benzene ring substituents is 1. The molecule has 0 heterocycles. The predicted molar refractivity (Wildman–Crippen MR) is 101 cm³/mol.